The molecule has 0 aromatic rings. The minimum absolute atomic E-state index is 0.566. The van der Waals surface area contributed by atoms with E-state index >= 15 is 0 Å². The molecule has 1 nitrogen and oxygen atoms in total. The maximum atomic E-state index is 3.49. The van der Waals surface area contributed by atoms with Crippen LogP contribution in [0.1, 0.15) is 34.1 Å². The smallest absolute Gasteiger partial charge is 0.0226 e. The summed E-state index contributed by atoms with van der Waals surface area (Å²) >= 11 is 0. The summed E-state index contributed by atoms with van der Waals surface area (Å²) in [6.07, 6.45) is 3.59. The fourth-order valence-corrected chi connectivity index (χ4v) is 1.73. The average molecular weight is 153 g/mol. The van der Waals surface area contributed by atoms with Crippen LogP contribution in [0.25, 0.3) is 0 Å². The van der Waals surface area contributed by atoms with Crippen LogP contribution in [-0.4, -0.2) is 12.1 Å². The Hall–Kier alpha value is -0.300. The van der Waals surface area contributed by atoms with Crippen LogP contribution in [0.2, 0.25) is 0 Å². The van der Waals surface area contributed by atoms with Crippen molar-refractivity contribution < 1.29 is 0 Å². The molecule has 1 aliphatic rings. The van der Waals surface area contributed by atoms with Crippen molar-refractivity contribution in [2.24, 2.45) is 5.92 Å². The Labute approximate surface area is 69.9 Å². The van der Waals surface area contributed by atoms with Gasteiger partial charge in [-0.2, -0.15) is 0 Å². The lowest BCUT2D eigenvalue weighted by Crippen LogP contribution is -2.37. The first kappa shape index (κ1) is 8.79. The van der Waals surface area contributed by atoms with Gasteiger partial charge in [-0.25, -0.2) is 0 Å². The monoisotopic (exact) mass is 153 g/mol. The molecule has 0 saturated heterocycles. The molecule has 0 aliphatic carbocycles. The number of hydrogen-bond acceptors (Lipinski definition) is 1. The second kappa shape index (κ2) is 3.40. The number of hydrogen-bond donors (Lipinski definition) is 1. The molecule has 0 bridgehead atoms. The van der Waals surface area contributed by atoms with Crippen molar-refractivity contribution in [3.05, 3.63) is 11.6 Å². The molecule has 1 aliphatic heterocycles. The Kier molecular flexibility index (Phi) is 2.72. The third kappa shape index (κ3) is 2.33. The summed E-state index contributed by atoms with van der Waals surface area (Å²) in [5.74, 6) is 0.724. The molecule has 0 spiro atoms. The molecular formula is C10H19N. The molecule has 64 valence electrons. The van der Waals surface area contributed by atoms with Crippen molar-refractivity contribution in [1.29, 1.82) is 0 Å². The summed E-state index contributed by atoms with van der Waals surface area (Å²) in [5, 5.41) is 3.49. The zero-order chi connectivity index (χ0) is 8.43. The first-order chi connectivity index (χ1) is 5.09. The first-order valence-corrected chi connectivity index (χ1v) is 4.56. The Bertz CT molecular complexity index is 158. The van der Waals surface area contributed by atoms with Crippen molar-refractivity contribution >= 4 is 0 Å². The van der Waals surface area contributed by atoms with Crippen LogP contribution in [-0.2, 0) is 0 Å². The second-order valence-corrected chi connectivity index (χ2v) is 3.96. The highest BCUT2D eigenvalue weighted by Crippen LogP contribution is 2.20. The number of rotatable bonds is 1. The van der Waals surface area contributed by atoms with E-state index in [1.54, 1.807) is 5.57 Å². The van der Waals surface area contributed by atoms with E-state index in [2.05, 4.69) is 39.1 Å². The SMILES string of the molecule is CC1C=C(C(C)C)CC(C)N1. The van der Waals surface area contributed by atoms with E-state index < -0.39 is 0 Å². The molecule has 1 heteroatoms. The molecule has 0 aromatic heterocycles. The van der Waals surface area contributed by atoms with Crippen LogP contribution < -0.4 is 5.32 Å². The lowest BCUT2D eigenvalue weighted by atomic mass is 9.91. The highest BCUT2D eigenvalue weighted by atomic mass is 14.9. The van der Waals surface area contributed by atoms with Gasteiger partial charge < -0.3 is 5.32 Å². The van der Waals surface area contributed by atoms with Crippen LogP contribution >= 0.6 is 0 Å². The minimum atomic E-state index is 0.566. The predicted molar refractivity (Wildman–Crippen MR) is 49.6 cm³/mol. The summed E-state index contributed by atoms with van der Waals surface area (Å²) in [6.45, 7) is 9.02. The van der Waals surface area contributed by atoms with Crippen molar-refractivity contribution in [2.75, 3.05) is 0 Å². The van der Waals surface area contributed by atoms with Gasteiger partial charge in [0.2, 0.25) is 0 Å². The third-order valence-corrected chi connectivity index (χ3v) is 2.29. The highest BCUT2D eigenvalue weighted by Gasteiger charge is 2.16. The van der Waals surface area contributed by atoms with Gasteiger partial charge in [-0.15, -0.1) is 0 Å². The fourth-order valence-electron chi connectivity index (χ4n) is 1.73. The van der Waals surface area contributed by atoms with Crippen molar-refractivity contribution in [2.45, 2.75) is 46.2 Å². The Morgan fingerprint density at radius 3 is 2.55 bits per heavy atom. The van der Waals surface area contributed by atoms with E-state index in [0.717, 1.165) is 5.92 Å². The average Bonchev–Trinajstić information content (AvgIpc) is 1.85. The zero-order valence-electron chi connectivity index (χ0n) is 8.02. The second-order valence-electron chi connectivity index (χ2n) is 3.96. The molecule has 1 rings (SSSR count). The first-order valence-electron chi connectivity index (χ1n) is 4.56. The van der Waals surface area contributed by atoms with Crippen LogP contribution in [0.5, 0.6) is 0 Å². The van der Waals surface area contributed by atoms with E-state index in [1.807, 2.05) is 0 Å². The molecule has 2 unspecified atom stereocenters. The van der Waals surface area contributed by atoms with E-state index in [9.17, 15) is 0 Å². The maximum Gasteiger partial charge on any atom is 0.0226 e. The molecule has 0 radical (unpaired) electrons. The lowest BCUT2D eigenvalue weighted by Gasteiger charge is -2.27. The van der Waals surface area contributed by atoms with Gasteiger partial charge in [0.1, 0.15) is 0 Å². The maximum absolute atomic E-state index is 3.49. The van der Waals surface area contributed by atoms with Crippen LogP contribution in [0.15, 0.2) is 11.6 Å². The lowest BCUT2D eigenvalue weighted by molar-refractivity contribution is 0.462. The van der Waals surface area contributed by atoms with Gasteiger partial charge >= 0.3 is 0 Å². The third-order valence-electron chi connectivity index (χ3n) is 2.29. The highest BCUT2D eigenvalue weighted by molar-refractivity contribution is 5.13. The molecule has 2 atom stereocenters. The Balaban J connectivity index is 2.64. The van der Waals surface area contributed by atoms with Crippen LogP contribution in [0.4, 0.5) is 0 Å². The van der Waals surface area contributed by atoms with Crippen LogP contribution in [0, 0.1) is 5.92 Å². The largest absolute Gasteiger partial charge is 0.308 e. The van der Waals surface area contributed by atoms with Gasteiger partial charge in [0.25, 0.3) is 0 Å². The standard InChI is InChI=1S/C10H19N/c1-7(2)10-5-8(3)11-9(4)6-10/h5,7-9,11H,6H2,1-4H3. The predicted octanol–water partition coefficient (Wildman–Crippen LogP) is 2.34. The fraction of sp³-hybridized carbons (Fsp3) is 0.800. The Morgan fingerprint density at radius 1 is 1.45 bits per heavy atom. The molecule has 1 heterocycles. The zero-order valence-corrected chi connectivity index (χ0v) is 8.02. The molecular weight excluding hydrogens is 134 g/mol. The van der Waals surface area contributed by atoms with E-state index in [4.69, 9.17) is 0 Å². The number of nitrogens with one attached hydrogen (secondary N) is 1. The Morgan fingerprint density at radius 2 is 2.09 bits per heavy atom. The summed E-state index contributed by atoms with van der Waals surface area (Å²) in [6, 6.07) is 1.23. The van der Waals surface area contributed by atoms with Crippen molar-refractivity contribution in [3.8, 4) is 0 Å². The molecule has 11 heavy (non-hydrogen) atoms. The molecule has 0 aromatic carbocycles. The minimum Gasteiger partial charge on any atom is -0.308 e. The topological polar surface area (TPSA) is 12.0 Å². The molecule has 0 saturated carbocycles. The quantitative estimate of drug-likeness (QED) is 0.570. The molecule has 0 amide bonds. The van der Waals surface area contributed by atoms with Gasteiger partial charge in [-0.1, -0.05) is 25.5 Å². The molecule has 0 fully saturated rings. The van der Waals surface area contributed by atoms with Gasteiger partial charge in [0.05, 0.1) is 0 Å². The summed E-state index contributed by atoms with van der Waals surface area (Å²) in [4.78, 5) is 0. The normalized spacial score (nSPS) is 32.3. The summed E-state index contributed by atoms with van der Waals surface area (Å²) in [7, 11) is 0. The van der Waals surface area contributed by atoms with Gasteiger partial charge in [0, 0.05) is 12.1 Å². The summed E-state index contributed by atoms with van der Waals surface area (Å²) in [5.41, 5.74) is 1.61. The summed E-state index contributed by atoms with van der Waals surface area (Å²) < 4.78 is 0. The van der Waals surface area contributed by atoms with E-state index in [-0.39, 0.29) is 0 Å². The van der Waals surface area contributed by atoms with Gasteiger partial charge in [-0.05, 0) is 26.2 Å². The van der Waals surface area contributed by atoms with Crippen LogP contribution in [0.3, 0.4) is 0 Å². The van der Waals surface area contributed by atoms with E-state index in [1.165, 1.54) is 6.42 Å². The van der Waals surface area contributed by atoms with Gasteiger partial charge in [-0.3, -0.25) is 0 Å². The van der Waals surface area contributed by atoms with Crippen molar-refractivity contribution in [1.82, 2.24) is 5.32 Å². The van der Waals surface area contributed by atoms with Gasteiger partial charge in [0.15, 0.2) is 0 Å². The van der Waals surface area contributed by atoms with E-state index in [0.29, 0.717) is 12.1 Å². The van der Waals surface area contributed by atoms with Crippen molar-refractivity contribution in [3.63, 3.8) is 0 Å². The molecule has 1 N–H and O–H groups in total.